The highest BCUT2D eigenvalue weighted by Gasteiger charge is 2.24. The van der Waals surface area contributed by atoms with Crippen molar-refractivity contribution in [2.75, 3.05) is 5.73 Å². The van der Waals surface area contributed by atoms with Crippen LogP contribution in [0.25, 0.3) is 11.3 Å². The highest BCUT2D eigenvalue weighted by molar-refractivity contribution is 5.85. The van der Waals surface area contributed by atoms with E-state index in [4.69, 9.17) is 5.73 Å². The molecule has 0 saturated carbocycles. The van der Waals surface area contributed by atoms with Gasteiger partial charge in [0.2, 0.25) is 0 Å². The second-order valence-corrected chi connectivity index (χ2v) is 6.39. The third kappa shape index (κ3) is 3.45. The predicted octanol–water partition coefficient (Wildman–Crippen LogP) is 3.72. The highest BCUT2D eigenvalue weighted by Crippen LogP contribution is 2.34. The van der Waals surface area contributed by atoms with E-state index in [1.165, 1.54) is 11.1 Å². The molecule has 6 heteroatoms. The average molecular weight is 379 g/mol. The third-order valence-electron chi connectivity index (χ3n) is 4.83. The van der Waals surface area contributed by atoms with Crippen LogP contribution in [0, 0.1) is 11.3 Å². The van der Waals surface area contributed by atoms with Gasteiger partial charge in [-0.2, -0.15) is 5.26 Å². The van der Waals surface area contributed by atoms with Gasteiger partial charge in [0.1, 0.15) is 17.6 Å². The number of hydrogen-bond donors (Lipinski definition) is 3. The SMILES string of the molecule is Cl.N#Cc1c([C@@H]2Cc3ccccc3CN2)cc(-c2ccccc2O)nc1N. The summed E-state index contributed by atoms with van der Waals surface area (Å²) in [5.74, 6) is 0.320. The number of rotatable bonds is 2. The molecule has 2 heterocycles. The number of benzene rings is 2. The standard InChI is InChI=1S/C21H18N4O.ClH/c22-11-17-16(18-9-13-5-1-2-6-14(13)12-24-18)10-19(25-21(17)23)15-7-3-4-8-20(15)26;/h1-8,10,18,24,26H,9,12H2,(H2,23,25);1H/t18-;/m0./s1. The summed E-state index contributed by atoms with van der Waals surface area (Å²) in [4.78, 5) is 4.34. The number of nitrogens with one attached hydrogen (secondary N) is 1. The molecule has 0 bridgehead atoms. The van der Waals surface area contributed by atoms with Crippen LogP contribution in [0.4, 0.5) is 5.82 Å². The molecule has 136 valence electrons. The largest absolute Gasteiger partial charge is 0.507 e. The Balaban J connectivity index is 0.00000210. The van der Waals surface area contributed by atoms with Gasteiger partial charge in [0.15, 0.2) is 0 Å². The quantitative estimate of drug-likeness (QED) is 0.631. The maximum absolute atomic E-state index is 10.2. The lowest BCUT2D eigenvalue weighted by molar-refractivity contribution is 0.477. The van der Waals surface area contributed by atoms with E-state index in [0.29, 0.717) is 16.8 Å². The first-order valence-electron chi connectivity index (χ1n) is 8.46. The molecule has 0 amide bonds. The molecule has 1 aliphatic rings. The van der Waals surface area contributed by atoms with Crippen molar-refractivity contribution in [1.82, 2.24) is 10.3 Å². The monoisotopic (exact) mass is 378 g/mol. The van der Waals surface area contributed by atoms with Gasteiger partial charge < -0.3 is 16.2 Å². The second kappa shape index (κ2) is 7.67. The van der Waals surface area contributed by atoms with Crippen molar-refractivity contribution in [3.05, 3.63) is 76.9 Å². The number of aromatic hydroxyl groups is 1. The normalized spacial score (nSPS) is 15.3. The van der Waals surface area contributed by atoms with Crippen LogP contribution in [0.3, 0.4) is 0 Å². The molecule has 0 aliphatic carbocycles. The van der Waals surface area contributed by atoms with Crippen LogP contribution in [0.5, 0.6) is 5.75 Å². The van der Waals surface area contributed by atoms with E-state index in [1.807, 2.05) is 24.3 Å². The van der Waals surface area contributed by atoms with Crippen LogP contribution in [0.15, 0.2) is 54.6 Å². The lowest BCUT2D eigenvalue weighted by Crippen LogP contribution is -2.29. The summed E-state index contributed by atoms with van der Waals surface area (Å²) in [7, 11) is 0. The van der Waals surface area contributed by atoms with Crippen molar-refractivity contribution in [2.24, 2.45) is 0 Å². The highest BCUT2D eigenvalue weighted by atomic mass is 35.5. The van der Waals surface area contributed by atoms with Crippen molar-refractivity contribution in [2.45, 2.75) is 19.0 Å². The second-order valence-electron chi connectivity index (χ2n) is 6.39. The van der Waals surface area contributed by atoms with Gasteiger partial charge in [-0.15, -0.1) is 12.4 Å². The minimum absolute atomic E-state index is 0. The number of nitrogen functional groups attached to an aromatic ring is 1. The molecule has 27 heavy (non-hydrogen) atoms. The molecule has 1 atom stereocenters. The van der Waals surface area contributed by atoms with Crippen molar-refractivity contribution in [1.29, 1.82) is 5.26 Å². The molecular weight excluding hydrogens is 360 g/mol. The van der Waals surface area contributed by atoms with Crippen LogP contribution in [0.2, 0.25) is 0 Å². The molecule has 4 rings (SSSR count). The van der Waals surface area contributed by atoms with E-state index >= 15 is 0 Å². The van der Waals surface area contributed by atoms with Crippen molar-refractivity contribution >= 4 is 18.2 Å². The van der Waals surface area contributed by atoms with Crippen LogP contribution < -0.4 is 11.1 Å². The van der Waals surface area contributed by atoms with Crippen LogP contribution in [0.1, 0.15) is 28.3 Å². The number of phenolic OH excluding ortho intramolecular Hbond substituents is 1. The molecule has 5 nitrogen and oxygen atoms in total. The minimum atomic E-state index is -0.0329. The summed E-state index contributed by atoms with van der Waals surface area (Å²) in [5, 5.41) is 23.2. The Labute approximate surface area is 163 Å². The molecular formula is C21H19ClN4O. The molecule has 1 aromatic heterocycles. The van der Waals surface area contributed by atoms with Gasteiger partial charge in [0, 0.05) is 18.2 Å². The first-order chi connectivity index (χ1) is 12.7. The number of fused-ring (bicyclic) bond motifs is 1. The first kappa shape index (κ1) is 18.7. The summed E-state index contributed by atoms with van der Waals surface area (Å²) in [6.07, 6.45) is 0.772. The van der Waals surface area contributed by atoms with E-state index in [2.05, 4.69) is 28.5 Å². The fourth-order valence-electron chi connectivity index (χ4n) is 3.48. The summed E-state index contributed by atoms with van der Waals surface area (Å²) in [6, 6.07) is 19.3. The summed E-state index contributed by atoms with van der Waals surface area (Å²) in [6.45, 7) is 0.736. The van der Waals surface area contributed by atoms with E-state index in [-0.39, 0.29) is 30.0 Å². The van der Waals surface area contributed by atoms with Gasteiger partial charge in [-0.05, 0) is 41.3 Å². The summed E-state index contributed by atoms with van der Waals surface area (Å²) < 4.78 is 0. The fraction of sp³-hybridized carbons (Fsp3) is 0.143. The maximum atomic E-state index is 10.2. The Hall–Kier alpha value is -3.07. The maximum Gasteiger partial charge on any atom is 0.142 e. The lowest BCUT2D eigenvalue weighted by Gasteiger charge is -2.27. The molecule has 1 aliphatic heterocycles. The molecule has 4 N–H and O–H groups in total. The van der Waals surface area contributed by atoms with Gasteiger partial charge >= 0.3 is 0 Å². The Morgan fingerprint density at radius 3 is 2.56 bits per heavy atom. The van der Waals surface area contributed by atoms with Gasteiger partial charge in [-0.25, -0.2) is 4.98 Å². The Morgan fingerprint density at radius 2 is 1.81 bits per heavy atom. The molecule has 0 unspecified atom stereocenters. The van der Waals surface area contributed by atoms with Crippen molar-refractivity contribution in [3.8, 4) is 23.1 Å². The zero-order chi connectivity index (χ0) is 18.1. The molecule has 3 aromatic rings. The number of hydrogen-bond acceptors (Lipinski definition) is 5. The molecule has 0 radical (unpaired) electrons. The lowest BCUT2D eigenvalue weighted by atomic mass is 9.89. The van der Waals surface area contributed by atoms with Gasteiger partial charge in [-0.3, -0.25) is 0 Å². The topological polar surface area (TPSA) is 95.0 Å². The number of nitrogens with two attached hydrogens (primary N) is 1. The van der Waals surface area contributed by atoms with Crippen LogP contribution >= 0.6 is 12.4 Å². The fourth-order valence-corrected chi connectivity index (χ4v) is 3.48. The number of halogens is 1. The predicted molar refractivity (Wildman–Crippen MR) is 107 cm³/mol. The molecule has 0 spiro atoms. The number of aromatic nitrogens is 1. The number of phenols is 1. The zero-order valence-electron chi connectivity index (χ0n) is 14.5. The number of pyridine rings is 1. The van der Waals surface area contributed by atoms with E-state index in [9.17, 15) is 10.4 Å². The Bertz CT molecular complexity index is 1030. The van der Waals surface area contributed by atoms with Gasteiger partial charge in [-0.1, -0.05) is 36.4 Å². The van der Waals surface area contributed by atoms with Crippen molar-refractivity contribution in [3.63, 3.8) is 0 Å². The third-order valence-corrected chi connectivity index (χ3v) is 4.83. The van der Waals surface area contributed by atoms with E-state index in [1.54, 1.807) is 18.2 Å². The Kier molecular flexibility index (Phi) is 5.31. The van der Waals surface area contributed by atoms with E-state index in [0.717, 1.165) is 18.5 Å². The molecule has 0 fully saturated rings. The summed E-state index contributed by atoms with van der Waals surface area (Å²) in [5.41, 5.74) is 11.0. The smallest absolute Gasteiger partial charge is 0.142 e. The number of nitrogens with zero attached hydrogens (tertiary/aromatic N) is 2. The van der Waals surface area contributed by atoms with Gasteiger partial charge in [0.25, 0.3) is 0 Å². The molecule has 2 aromatic carbocycles. The minimum Gasteiger partial charge on any atom is -0.507 e. The Morgan fingerprint density at radius 1 is 1.11 bits per heavy atom. The first-order valence-corrected chi connectivity index (χ1v) is 8.46. The number of para-hydroxylation sites is 1. The van der Waals surface area contributed by atoms with E-state index < -0.39 is 0 Å². The van der Waals surface area contributed by atoms with Crippen molar-refractivity contribution < 1.29 is 5.11 Å². The van der Waals surface area contributed by atoms with Crippen LogP contribution in [-0.4, -0.2) is 10.1 Å². The summed E-state index contributed by atoms with van der Waals surface area (Å²) >= 11 is 0. The number of anilines is 1. The van der Waals surface area contributed by atoms with Gasteiger partial charge in [0.05, 0.1) is 11.3 Å². The molecule has 0 saturated heterocycles. The zero-order valence-corrected chi connectivity index (χ0v) is 15.3. The van der Waals surface area contributed by atoms with Crippen LogP contribution in [-0.2, 0) is 13.0 Å². The number of nitriles is 1. The average Bonchev–Trinajstić information content (AvgIpc) is 2.67.